The van der Waals surface area contributed by atoms with E-state index in [1.54, 1.807) is 0 Å². The minimum absolute atomic E-state index is 0.532. The summed E-state index contributed by atoms with van der Waals surface area (Å²) in [6, 6.07) is 6.06. The third kappa shape index (κ3) is 4.30. The number of rotatable bonds is 7. The van der Waals surface area contributed by atoms with E-state index in [1.807, 2.05) is 12.1 Å². The van der Waals surface area contributed by atoms with E-state index in [0.29, 0.717) is 13.2 Å². The van der Waals surface area contributed by atoms with E-state index in [1.165, 1.54) is 32.5 Å². The molecule has 2 aliphatic rings. The SMILES string of the molecule is C(=Cc1ccc2c(c1)COO2)COCCCN1CCCC1. The van der Waals surface area contributed by atoms with E-state index in [2.05, 4.69) is 23.1 Å². The summed E-state index contributed by atoms with van der Waals surface area (Å²) in [7, 11) is 0. The van der Waals surface area contributed by atoms with Crippen LogP contribution in [0.25, 0.3) is 6.08 Å². The van der Waals surface area contributed by atoms with E-state index in [9.17, 15) is 0 Å². The maximum absolute atomic E-state index is 5.64. The number of fused-ring (bicyclic) bond motifs is 1. The molecule has 21 heavy (non-hydrogen) atoms. The normalized spacial score (nSPS) is 18.3. The van der Waals surface area contributed by atoms with Gasteiger partial charge in [-0.15, -0.1) is 0 Å². The van der Waals surface area contributed by atoms with Gasteiger partial charge >= 0.3 is 0 Å². The first-order valence-corrected chi connectivity index (χ1v) is 7.81. The Balaban J connectivity index is 1.31. The Labute approximate surface area is 126 Å². The Hall–Kier alpha value is -1.36. The topological polar surface area (TPSA) is 30.9 Å². The highest BCUT2D eigenvalue weighted by atomic mass is 17.2. The van der Waals surface area contributed by atoms with Gasteiger partial charge < -0.3 is 14.5 Å². The zero-order valence-electron chi connectivity index (χ0n) is 12.4. The molecule has 0 N–H and O–H groups in total. The molecule has 4 nitrogen and oxygen atoms in total. The average molecular weight is 289 g/mol. The van der Waals surface area contributed by atoms with Gasteiger partial charge in [0.2, 0.25) is 0 Å². The van der Waals surface area contributed by atoms with Gasteiger partial charge in [-0.05, 0) is 50.0 Å². The molecule has 4 heteroatoms. The average Bonchev–Trinajstić information content (AvgIpc) is 3.17. The lowest BCUT2D eigenvalue weighted by Gasteiger charge is -2.13. The quantitative estimate of drug-likeness (QED) is 0.570. The lowest BCUT2D eigenvalue weighted by atomic mass is 10.1. The molecule has 1 fully saturated rings. The van der Waals surface area contributed by atoms with Gasteiger partial charge in [0.1, 0.15) is 6.61 Å². The van der Waals surface area contributed by atoms with E-state index in [-0.39, 0.29) is 0 Å². The highest BCUT2D eigenvalue weighted by molar-refractivity contribution is 5.53. The van der Waals surface area contributed by atoms with Gasteiger partial charge in [-0.2, -0.15) is 4.89 Å². The smallest absolute Gasteiger partial charge is 0.171 e. The Bertz CT molecular complexity index is 481. The van der Waals surface area contributed by atoms with E-state index < -0.39 is 0 Å². The van der Waals surface area contributed by atoms with Crippen LogP contribution in [-0.2, 0) is 16.2 Å². The molecular formula is C17H23NO3. The van der Waals surface area contributed by atoms with Crippen molar-refractivity contribution in [3.63, 3.8) is 0 Å². The van der Waals surface area contributed by atoms with Crippen molar-refractivity contribution in [2.24, 2.45) is 0 Å². The molecular weight excluding hydrogens is 266 g/mol. The van der Waals surface area contributed by atoms with E-state index in [0.717, 1.165) is 29.9 Å². The third-order valence-electron chi connectivity index (χ3n) is 3.93. The molecule has 0 saturated carbocycles. The van der Waals surface area contributed by atoms with Crippen molar-refractivity contribution >= 4 is 6.08 Å². The highest BCUT2D eigenvalue weighted by Gasteiger charge is 2.12. The molecule has 1 aromatic carbocycles. The van der Waals surface area contributed by atoms with Crippen LogP contribution in [0.15, 0.2) is 24.3 Å². The monoisotopic (exact) mass is 289 g/mol. The summed E-state index contributed by atoms with van der Waals surface area (Å²) in [5.41, 5.74) is 2.26. The van der Waals surface area contributed by atoms with Gasteiger partial charge in [-0.3, -0.25) is 0 Å². The predicted octanol–water partition coefficient (Wildman–Crippen LogP) is 3.03. The minimum atomic E-state index is 0.532. The summed E-state index contributed by atoms with van der Waals surface area (Å²) >= 11 is 0. The van der Waals surface area contributed by atoms with Crippen LogP contribution in [0.3, 0.4) is 0 Å². The molecule has 3 rings (SSSR count). The molecule has 1 aromatic rings. The lowest BCUT2D eigenvalue weighted by Crippen LogP contribution is -2.21. The van der Waals surface area contributed by atoms with Crippen molar-refractivity contribution in [3.05, 3.63) is 35.4 Å². The zero-order valence-corrected chi connectivity index (χ0v) is 12.4. The summed E-state index contributed by atoms with van der Waals surface area (Å²) in [6.45, 7) is 5.76. The molecule has 2 heterocycles. The first-order chi connectivity index (χ1) is 10.4. The maximum atomic E-state index is 5.64. The summed E-state index contributed by atoms with van der Waals surface area (Å²) in [5.74, 6) is 0.824. The van der Waals surface area contributed by atoms with Crippen LogP contribution in [0, 0.1) is 0 Å². The summed E-state index contributed by atoms with van der Waals surface area (Å²) in [4.78, 5) is 12.5. The van der Waals surface area contributed by atoms with Crippen LogP contribution in [0.1, 0.15) is 30.4 Å². The number of benzene rings is 1. The van der Waals surface area contributed by atoms with Crippen LogP contribution in [-0.4, -0.2) is 37.7 Å². The summed E-state index contributed by atoms with van der Waals surface area (Å²) in [6.07, 6.45) is 8.00. The molecule has 2 aliphatic heterocycles. The fourth-order valence-corrected chi connectivity index (χ4v) is 2.79. The Morgan fingerprint density at radius 3 is 3.05 bits per heavy atom. The van der Waals surface area contributed by atoms with Crippen LogP contribution < -0.4 is 4.89 Å². The number of nitrogens with zero attached hydrogens (tertiary/aromatic N) is 1. The van der Waals surface area contributed by atoms with Crippen LogP contribution >= 0.6 is 0 Å². The molecule has 114 valence electrons. The number of hydrogen-bond acceptors (Lipinski definition) is 4. The van der Waals surface area contributed by atoms with Crippen molar-refractivity contribution in [2.45, 2.75) is 25.9 Å². The fourth-order valence-electron chi connectivity index (χ4n) is 2.79. The van der Waals surface area contributed by atoms with Gasteiger partial charge in [-0.25, -0.2) is 0 Å². The molecule has 1 saturated heterocycles. The van der Waals surface area contributed by atoms with Crippen molar-refractivity contribution < 1.29 is 14.5 Å². The number of likely N-dealkylation sites (tertiary alicyclic amines) is 1. The standard InChI is InChI=1S/C17H23NO3/c1-2-9-18(8-1)10-4-12-19-11-3-5-15-6-7-17-16(13-15)14-20-21-17/h3,5-7,13H,1-2,4,8-12,14H2. The molecule has 0 radical (unpaired) electrons. The maximum Gasteiger partial charge on any atom is 0.171 e. The summed E-state index contributed by atoms with van der Waals surface area (Å²) < 4.78 is 5.64. The first-order valence-electron chi connectivity index (χ1n) is 7.81. The molecule has 0 aromatic heterocycles. The van der Waals surface area contributed by atoms with Gasteiger partial charge in [0.05, 0.1) is 6.61 Å². The largest absolute Gasteiger partial charge is 0.377 e. The second-order valence-corrected chi connectivity index (χ2v) is 5.59. The molecule has 0 unspecified atom stereocenters. The molecule has 0 atom stereocenters. The van der Waals surface area contributed by atoms with Gasteiger partial charge in [0.15, 0.2) is 5.75 Å². The first kappa shape index (κ1) is 14.6. The van der Waals surface area contributed by atoms with Crippen LogP contribution in [0.5, 0.6) is 5.75 Å². The van der Waals surface area contributed by atoms with Crippen molar-refractivity contribution in [3.8, 4) is 5.75 Å². The van der Waals surface area contributed by atoms with Crippen LogP contribution in [0.2, 0.25) is 0 Å². The fraction of sp³-hybridized carbons (Fsp3) is 0.529. The van der Waals surface area contributed by atoms with E-state index in [4.69, 9.17) is 14.5 Å². The minimum Gasteiger partial charge on any atom is -0.377 e. The molecule has 0 bridgehead atoms. The highest BCUT2D eigenvalue weighted by Crippen LogP contribution is 2.26. The number of hydrogen-bond donors (Lipinski definition) is 0. The predicted molar refractivity (Wildman–Crippen MR) is 82.0 cm³/mol. The Morgan fingerprint density at radius 2 is 2.14 bits per heavy atom. The lowest BCUT2D eigenvalue weighted by molar-refractivity contribution is -0.194. The van der Waals surface area contributed by atoms with Gasteiger partial charge in [-0.1, -0.05) is 18.2 Å². The van der Waals surface area contributed by atoms with Gasteiger partial charge in [0, 0.05) is 18.7 Å². The second kappa shape index (κ2) is 7.59. The van der Waals surface area contributed by atoms with Crippen molar-refractivity contribution in [1.29, 1.82) is 0 Å². The number of ether oxygens (including phenoxy) is 1. The Morgan fingerprint density at radius 1 is 1.24 bits per heavy atom. The second-order valence-electron chi connectivity index (χ2n) is 5.59. The molecule has 0 amide bonds. The van der Waals surface area contributed by atoms with Crippen molar-refractivity contribution in [1.82, 2.24) is 4.90 Å². The van der Waals surface area contributed by atoms with Crippen molar-refractivity contribution in [2.75, 3.05) is 32.8 Å². The van der Waals surface area contributed by atoms with E-state index >= 15 is 0 Å². The van der Waals surface area contributed by atoms with Gasteiger partial charge in [0.25, 0.3) is 0 Å². The molecule has 0 aliphatic carbocycles. The Kier molecular flexibility index (Phi) is 5.27. The zero-order chi connectivity index (χ0) is 14.3. The third-order valence-corrected chi connectivity index (χ3v) is 3.93. The van der Waals surface area contributed by atoms with Crippen LogP contribution in [0.4, 0.5) is 0 Å². The summed E-state index contributed by atoms with van der Waals surface area (Å²) in [5, 5.41) is 0. The molecule has 0 spiro atoms.